The van der Waals surface area contributed by atoms with E-state index in [1.54, 1.807) is 12.1 Å². The summed E-state index contributed by atoms with van der Waals surface area (Å²) in [5.41, 5.74) is 1.19. The maximum absolute atomic E-state index is 9.10. The number of benzene rings is 1. The molecule has 0 amide bonds. The first-order valence-corrected chi connectivity index (χ1v) is 3.74. The van der Waals surface area contributed by atoms with Crippen molar-refractivity contribution in [1.29, 1.82) is 0 Å². The van der Waals surface area contributed by atoms with E-state index in [0.29, 0.717) is 0 Å². The summed E-state index contributed by atoms with van der Waals surface area (Å²) in [5, 5.41) is 9.10. The van der Waals surface area contributed by atoms with Gasteiger partial charge in [0.2, 0.25) is 0 Å². The van der Waals surface area contributed by atoms with Crippen molar-refractivity contribution >= 4 is 0 Å². The van der Waals surface area contributed by atoms with Crippen LogP contribution in [0.4, 0.5) is 0 Å². The Labute approximate surface area is 65.4 Å². The predicted octanol–water partition coefficient (Wildman–Crippen LogP) is 1.72. The molecule has 1 aliphatic rings. The molecular weight excluding hydrogens is 140 g/mol. The van der Waals surface area contributed by atoms with Gasteiger partial charge < -0.3 is 9.84 Å². The van der Waals surface area contributed by atoms with Crippen molar-refractivity contribution in [3.05, 3.63) is 23.8 Å². The molecule has 0 aliphatic carbocycles. The molecule has 1 aromatic carbocycles. The Morgan fingerprint density at radius 2 is 2.36 bits per heavy atom. The van der Waals surface area contributed by atoms with Crippen LogP contribution in [0.15, 0.2) is 18.2 Å². The summed E-state index contributed by atoms with van der Waals surface area (Å²) in [6.45, 7) is 2.02. The van der Waals surface area contributed by atoms with E-state index >= 15 is 0 Å². The van der Waals surface area contributed by atoms with Gasteiger partial charge in [-0.25, -0.2) is 0 Å². The molecule has 1 atom stereocenters. The molecule has 0 radical (unpaired) electrons. The number of hydrogen-bond acceptors (Lipinski definition) is 2. The van der Waals surface area contributed by atoms with Gasteiger partial charge in [0.25, 0.3) is 0 Å². The van der Waals surface area contributed by atoms with Gasteiger partial charge in [0.15, 0.2) is 0 Å². The summed E-state index contributed by atoms with van der Waals surface area (Å²) in [6, 6.07) is 5.27. The summed E-state index contributed by atoms with van der Waals surface area (Å²) in [4.78, 5) is 0. The number of rotatable bonds is 0. The van der Waals surface area contributed by atoms with Gasteiger partial charge in [-0.05, 0) is 18.6 Å². The van der Waals surface area contributed by atoms with Crippen molar-refractivity contribution in [2.24, 2.45) is 0 Å². The largest absolute Gasteiger partial charge is 0.508 e. The molecule has 0 spiro atoms. The Kier molecular flexibility index (Phi) is 1.28. The fourth-order valence-electron chi connectivity index (χ4n) is 1.39. The SMILES string of the molecule is CC1Cc2ccc(O)cc2O1. The van der Waals surface area contributed by atoms with E-state index in [4.69, 9.17) is 9.84 Å². The minimum Gasteiger partial charge on any atom is -0.508 e. The summed E-state index contributed by atoms with van der Waals surface area (Å²) >= 11 is 0. The number of phenolic OH excluding ortho intramolecular Hbond substituents is 1. The van der Waals surface area contributed by atoms with Crippen molar-refractivity contribution in [3.8, 4) is 11.5 Å². The average molecular weight is 150 g/mol. The molecule has 0 saturated heterocycles. The number of aromatic hydroxyl groups is 1. The van der Waals surface area contributed by atoms with Crippen LogP contribution in [0.3, 0.4) is 0 Å². The standard InChI is InChI=1S/C9H10O2/c1-6-4-7-2-3-8(10)5-9(7)11-6/h2-3,5-6,10H,4H2,1H3. The van der Waals surface area contributed by atoms with Crippen LogP contribution in [0.1, 0.15) is 12.5 Å². The molecule has 1 heterocycles. The van der Waals surface area contributed by atoms with Crippen molar-refractivity contribution in [3.63, 3.8) is 0 Å². The van der Waals surface area contributed by atoms with E-state index in [0.717, 1.165) is 12.2 Å². The van der Waals surface area contributed by atoms with Gasteiger partial charge in [0.05, 0.1) is 0 Å². The Bertz CT molecular complexity index is 281. The molecule has 0 aromatic heterocycles. The van der Waals surface area contributed by atoms with Crippen LogP contribution in [-0.2, 0) is 6.42 Å². The molecule has 0 bridgehead atoms. The molecular formula is C9H10O2. The highest BCUT2D eigenvalue weighted by atomic mass is 16.5. The number of fused-ring (bicyclic) bond motifs is 1. The molecule has 11 heavy (non-hydrogen) atoms. The third-order valence-corrected chi connectivity index (χ3v) is 1.89. The molecule has 1 aromatic rings. The third-order valence-electron chi connectivity index (χ3n) is 1.89. The molecule has 58 valence electrons. The molecule has 2 heteroatoms. The molecule has 1 aliphatic heterocycles. The Morgan fingerprint density at radius 3 is 3.18 bits per heavy atom. The lowest BCUT2D eigenvalue weighted by molar-refractivity contribution is 0.254. The summed E-state index contributed by atoms with van der Waals surface area (Å²) in [7, 11) is 0. The Hall–Kier alpha value is -1.18. The zero-order valence-electron chi connectivity index (χ0n) is 6.37. The third kappa shape index (κ3) is 1.04. The highest BCUT2D eigenvalue weighted by Crippen LogP contribution is 2.31. The Balaban J connectivity index is 2.43. The zero-order chi connectivity index (χ0) is 7.84. The van der Waals surface area contributed by atoms with Crippen LogP contribution in [-0.4, -0.2) is 11.2 Å². The molecule has 1 N–H and O–H groups in total. The lowest BCUT2D eigenvalue weighted by Crippen LogP contribution is -2.05. The number of phenols is 1. The van der Waals surface area contributed by atoms with Gasteiger partial charge >= 0.3 is 0 Å². The minimum atomic E-state index is 0.256. The van der Waals surface area contributed by atoms with E-state index in [1.807, 2.05) is 13.0 Å². The van der Waals surface area contributed by atoms with Gasteiger partial charge in [-0.15, -0.1) is 0 Å². The van der Waals surface area contributed by atoms with E-state index in [1.165, 1.54) is 5.56 Å². The van der Waals surface area contributed by atoms with Gasteiger partial charge in [0, 0.05) is 12.5 Å². The molecule has 1 unspecified atom stereocenters. The van der Waals surface area contributed by atoms with Crippen molar-refractivity contribution in [2.75, 3.05) is 0 Å². The molecule has 2 nitrogen and oxygen atoms in total. The lowest BCUT2D eigenvalue weighted by atomic mass is 10.1. The highest BCUT2D eigenvalue weighted by Gasteiger charge is 2.18. The highest BCUT2D eigenvalue weighted by molar-refractivity contribution is 5.42. The van der Waals surface area contributed by atoms with E-state index in [2.05, 4.69) is 0 Å². The first kappa shape index (κ1) is 6.53. The number of hydrogen-bond donors (Lipinski definition) is 1. The van der Waals surface area contributed by atoms with Gasteiger partial charge in [-0.3, -0.25) is 0 Å². The summed E-state index contributed by atoms with van der Waals surface area (Å²) in [5.74, 6) is 1.11. The molecule has 0 fully saturated rings. The second kappa shape index (κ2) is 2.16. The van der Waals surface area contributed by atoms with E-state index in [-0.39, 0.29) is 11.9 Å². The van der Waals surface area contributed by atoms with Crippen LogP contribution >= 0.6 is 0 Å². The first-order chi connectivity index (χ1) is 5.25. The van der Waals surface area contributed by atoms with Gasteiger partial charge in [-0.1, -0.05) is 6.07 Å². The monoisotopic (exact) mass is 150 g/mol. The minimum absolute atomic E-state index is 0.256. The van der Waals surface area contributed by atoms with Crippen LogP contribution in [0.5, 0.6) is 11.5 Å². The maximum Gasteiger partial charge on any atom is 0.126 e. The summed E-state index contributed by atoms with van der Waals surface area (Å²) < 4.78 is 5.43. The van der Waals surface area contributed by atoms with Crippen LogP contribution in [0, 0.1) is 0 Å². The second-order valence-electron chi connectivity index (χ2n) is 2.92. The van der Waals surface area contributed by atoms with Crippen molar-refractivity contribution < 1.29 is 9.84 Å². The van der Waals surface area contributed by atoms with Crippen molar-refractivity contribution in [1.82, 2.24) is 0 Å². The quantitative estimate of drug-likeness (QED) is 0.610. The van der Waals surface area contributed by atoms with E-state index in [9.17, 15) is 0 Å². The van der Waals surface area contributed by atoms with Crippen LogP contribution in [0.2, 0.25) is 0 Å². The van der Waals surface area contributed by atoms with Crippen LogP contribution < -0.4 is 4.74 Å². The number of ether oxygens (including phenoxy) is 1. The molecule has 0 saturated carbocycles. The smallest absolute Gasteiger partial charge is 0.126 e. The zero-order valence-corrected chi connectivity index (χ0v) is 6.37. The first-order valence-electron chi connectivity index (χ1n) is 3.74. The van der Waals surface area contributed by atoms with Gasteiger partial charge in [-0.2, -0.15) is 0 Å². The topological polar surface area (TPSA) is 29.5 Å². The Morgan fingerprint density at radius 1 is 1.55 bits per heavy atom. The summed E-state index contributed by atoms with van der Waals surface area (Å²) in [6.07, 6.45) is 1.21. The fraction of sp³-hybridized carbons (Fsp3) is 0.333. The fourth-order valence-corrected chi connectivity index (χ4v) is 1.39. The molecule has 2 rings (SSSR count). The van der Waals surface area contributed by atoms with Gasteiger partial charge in [0.1, 0.15) is 17.6 Å². The predicted molar refractivity (Wildman–Crippen MR) is 41.9 cm³/mol. The maximum atomic E-state index is 9.10. The second-order valence-corrected chi connectivity index (χ2v) is 2.92. The van der Waals surface area contributed by atoms with Crippen LogP contribution in [0.25, 0.3) is 0 Å². The lowest BCUT2D eigenvalue weighted by Gasteiger charge is -2.01. The van der Waals surface area contributed by atoms with E-state index < -0.39 is 0 Å². The average Bonchev–Trinajstić information content (AvgIpc) is 2.27. The van der Waals surface area contributed by atoms with Crippen molar-refractivity contribution in [2.45, 2.75) is 19.4 Å². The normalized spacial score (nSPS) is 21.0.